The number of nitrogens with zero attached hydrogens (tertiary/aromatic N) is 2. The van der Waals surface area contributed by atoms with Crippen molar-refractivity contribution >= 4 is 0 Å². The highest BCUT2D eigenvalue weighted by molar-refractivity contribution is 5.04. The number of rotatable bonds is 8. The maximum absolute atomic E-state index is 10.1. The van der Waals surface area contributed by atoms with Crippen molar-refractivity contribution < 1.29 is 5.11 Å². The van der Waals surface area contributed by atoms with Crippen molar-refractivity contribution in [1.82, 2.24) is 15.1 Å². The van der Waals surface area contributed by atoms with E-state index in [1.807, 2.05) is 0 Å². The molecule has 2 rings (SSSR count). The first kappa shape index (κ1) is 16.2. The van der Waals surface area contributed by atoms with Crippen molar-refractivity contribution in [2.75, 3.05) is 40.3 Å². The molecule has 1 aliphatic carbocycles. The second kappa shape index (κ2) is 6.73. The lowest BCUT2D eigenvalue weighted by Crippen LogP contribution is -2.61. The number of nitrogens with one attached hydrogen (secondary N) is 1. The van der Waals surface area contributed by atoms with E-state index in [-0.39, 0.29) is 12.1 Å². The van der Waals surface area contributed by atoms with E-state index < -0.39 is 0 Å². The molecule has 0 aromatic carbocycles. The number of hydrogen-bond donors (Lipinski definition) is 2. The average Bonchev–Trinajstić information content (AvgIpc) is 3.13. The van der Waals surface area contributed by atoms with Crippen LogP contribution in [0.5, 0.6) is 0 Å². The van der Waals surface area contributed by atoms with Crippen molar-refractivity contribution in [2.45, 2.75) is 57.2 Å². The average molecular weight is 283 g/mol. The molecule has 20 heavy (non-hydrogen) atoms. The van der Waals surface area contributed by atoms with Gasteiger partial charge in [-0.2, -0.15) is 0 Å². The Hall–Kier alpha value is -0.160. The van der Waals surface area contributed by atoms with Gasteiger partial charge in [0.05, 0.1) is 12.1 Å². The minimum atomic E-state index is -0.0803. The van der Waals surface area contributed by atoms with Gasteiger partial charge in [0, 0.05) is 25.2 Å². The van der Waals surface area contributed by atoms with Crippen LogP contribution in [0.1, 0.15) is 39.5 Å². The van der Waals surface area contributed by atoms with Crippen molar-refractivity contribution in [1.29, 1.82) is 0 Å². The molecule has 1 aliphatic heterocycles. The van der Waals surface area contributed by atoms with Gasteiger partial charge in [-0.3, -0.25) is 4.90 Å². The number of aliphatic hydroxyl groups is 1. The van der Waals surface area contributed by atoms with E-state index in [9.17, 15) is 5.11 Å². The molecule has 2 N–H and O–H groups in total. The highest BCUT2D eigenvalue weighted by Gasteiger charge is 2.47. The first-order chi connectivity index (χ1) is 9.47. The Kier molecular flexibility index (Phi) is 5.46. The summed E-state index contributed by atoms with van der Waals surface area (Å²) in [5.41, 5.74) is -0.0803. The molecule has 2 fully saturated rings. The summed E-state index contributed by atoms with van der Waals surface area (Å²) in [5.74, 6) is 0.663. The van der Waals surface area contributed by atoms with E-state index in [0.717, 1.165) is 13.1 Å². The van der Waals surface area contributed by atoms with Gasteiger partial charge >= 0.3 is 0 Å². The minimum Gasteiger partial charge on any atom is -0.394 e. The zero-order valence-electron chi connectivity index (χ0n) is 13.7. The van der Waals surface area contributed by atoms with Crippen LogP contribution >= 0.6 is 0 Å². The minimum absolute atomic E-state index is 0.0803. The summed E-state index contributed by atoms with van der Waals surface area (Å²) in [7, 11) is 4.31. The zero-order chi connectivity index (χ0) is 14.8. The Morgan fingerprint density at radius 1 is 1.30 bits per heavy atom. The summed E-state index contributed by atoms with van der Waals surface area (Å²) in [6.45, 7) is 7.97. The van der Waals surface area contributed by atoms with Gasteiger partial charge in [0.1, 0.15) is 0 Å². The van der Waals surface area contributed by atoms with Crippen molar-refractivity contribution in [3.05, 3.63) is 0 Å². The second-order valence-electron chi connectivity index (χ2n) is 7.42. The normalized spacial score (nSPS) is 27.4. The van der Waals surface area contributed by atoms with Crippen LogP contribution in [0.25, 0.3) is 0 Å². The standard InChI is InChI=1S/C16H33N3O/c1-13(2)17-16(12-20,14-7-8-14)11-19-9-5-6-15(19)10-18(3)4/h13-15,17,20H,5-12H2,1-4H3. The summed E-state index contributed by atoms with van der Waals surface area (Å²) in [6, 6.07) is 1.08. The Morgan fingerprint density at radius 3 is 2.50 bits per heavy atom. The molecule has 118 valence electrons. The van der Waals surface area contributed by atoms with Crippen LogP contribution in [0.15, 0.2) is 0 Å². The summed E-state index contributed by atoms with van der Waals surface area (Å²) >= 11 is 0. The molecule has 0 spiro atoms. The van der Waals surface area contributed by atoms with Crippen LogP contribution in [0.4, 0.5) is 0 Å². The molecule has 2 unspecified atom stereocenters. The predicted octanol–water partition coefficient (Wildman–Crippen LogP) is 1.15. The SMILES string of the molecule is CC(C)NC(CO)(CN1CCCC1CN(C)C)C1CC1. The topological polar surface area (TPSA) is 38.7 Å². The lowest BCUT2D eigenvalue weighted by molar-refractivity contribution is 0.0732. The van der Waals surface area contributed by atoms with Gasteiger partial charge in [-0.1, -0.05) is 13.8 Å². The van der Waals surface area contributed by atoms with Gasteiger partial charge in [0.2, 0.25) is 0 Å². The fraction of sp³-hybridized carbons (Fsp3) is 1.00. The summed E-state index contributed by atoms with van der Waals surface area (Å²) < 4.78 is 0. The maximum Gasteiger partial charge on any atom is 0.0628 e. The molecule has 4 nitrogen and oxygen atoms in total. The van der Waals surface area contributed by atoms with E-state index in [2.05, 4.69) is 43.1 Å². The molecule has 0 radical (unpaired) electrons. The third kappa shape index (κ3) is 3.94. The quantitative estimate of drug-likeness (QED) is 0.701. The number of likely N-dealkylation sites (N-methyl/N-ethyl adjacent to an activating group) is 1. The molecule has 1 saturated heterocycles. The number of aliphatic hydroxyl groups excluding tert-OH is 1. The smallest absolute Gasteiger partial charge is 0.0628 e. The van der Waals surface area contributed by atoms with Crippen molar-refractivity contribution in [3.63, 3.8) is 0 Å². The summed E-state index contributed by atoms with van der Waals surface area (Å²) in [4.78, 5) is 4.90. The first-order valence-corrected chi connectivity index (χ1v) is 8.24. The number of likely N-dealkylation sites (tertiary alicyclic amines) is 1. The van der Waals surface area contributed by atoms with E-state index in [1.54, 1.807) is 0 Å². The van der Waals surface area contributed by atoms with Gasteiger partial charge in [0.15, 0.2) is 0 Å². The van der Waals surface area contributed by atoms with E-state index in [0.29, 0.717) is 18.0 Å². The Bertz CT molecular complexity index is 304. The molecule has 2 atom stereocenters. The van der Waals surface area contributed by atoms with Crippen molar-refractivity contribution in [2.24, 2.45) is 5.92 Å². The van der Waals surface area contributed by atoms with E-state index >= 15 is 0 Å². The highest BCUT2D eigenvalue weighted by atomic mass is 16.3. The van der Waals surface area contributed by atoms with Gasteiger partial charge in [0.25, 0.3) is 0 Å². The van der Waals surface area contributed by atoms with Crippen LogP contribution in [0.3, 0.4) is 0 Å². The van der Waals surface area contributed by atoms with Crippen LogP contribution in [0.2, 0.25) is 0 Å². The lowest BCUT2D eigenvalue weighted by atomic mass is 9.91. The predicted molar refractivity (Wildman–Crippen MR) is 84.0 cm³/mol. The molecular formula is C16H33N3O. The molecule has 0 aromatic rings. The third-order valence-electron chi connectivity index (χ3n) is 4.78. The van der Waals surface area contributed by atoms with Crippen LogP contribution < -0.4 is 5.32 Å². The molecule has 2 aliphatic rings. The van der Waals surface area contributed by atoms with E-state index in [4.69, 9.17) is 0 Å². The Morgan fingerprint density at radius 2 is 2.00 bits per heavy atom. The molecule has 1 heterocycles. The van der Waals surface area contributed by atoms with Crippen LogP contribution in [0, 0.1) is 5.92 Å². The first-order valence-electron chi connectivity index (χ1n) is 8.24. The molecular weight excluding hydrogens is 250 g/mol. The molecule has 4 heteroatoms. The number of hydrogen-bond acceptors (Lipinski definition) is 4. The fourth-order valence-electron chi connectivity index (χ4n) is 3.82. The van der Waals surface area contributed by atoms with E-state index in [1.165, 1.54) is 32.2 Å². The summed E-state index contributed by atoms with van der Waals surface area (Å²) in [5, 5.41) is 13.8. The molecule has 0 bridgehead atoms. The Balaban J connectivity index is 2.02. The lowest BCUT2D eigenvalue weighted by Gasteiger charge is -2.41. The molecule has 1 saturated carbocycles. The van der Waals surface area contributed by atoms with Gasteiger partial charge in [-0.15, -0.1) is 0 Å². The van der Waals surface area contributed by atoms with Gasteiger partial charge in [-0.05, 0) is 52.2 Å². The highest BCUT2D eigenvalue weighted by Crippen LogP contribution is 2.41. The summed E-state index contributed by atoms with van der Waals surface area (Å²) in [6.07, 6.45) is 5.14. The van der Waals surface area contributed by atoms with Crippen LogP contribution in [-0.2, 0) is 0 Å². The monoisotopic (exact) mass is 283 g/mol. The fourth-order valence-corrected chi connectivity index (χ4v) is 3.82. The van der Waals surface area contributed by atoms with Crippen LogP contribution in [-0.4, -0.2) is 72.9 Å². The largest absolute Gasteiger partial charge is 0.394 e. The molecule has 0 aromatic heterocycles. The zero-order valence-corrected chi connectivity index (χ0v) is 13.7. The van der Waals surface area contributed by atoms with Gasteiger partial charge in [-0.25, -0.2) is 0 Å². The van der Waals surface area contributed by atoms with Gasteiger partial charge < -0.3 is 15.3 Å². The third-order valence-corrected chi connectivity index (χ3v) is 4.78. The molecule has 0 amide bonds. The van der Waals surface area contributed by atoms with Crippen molar-refractivity contribution in [3.8, 4) is 0 Å². The Labute approximate surface area is 124 Å². The maximum atomic E-state index is 10.1. The second-order valence-corrected chi connectivity index (χ2v) is 7.42.